The van der Waals surface area contributed by atoms with E-state index >= 15 is 0 Å². The fourth-order valence-corrected chi connectivity index (χ4v) is 1.33. The summed E-state index contributed by atoms with van der Waals surface area (Å²) in [6.07, 6.45) is -0.351. The van der Waals surface area contributed by atoms with E-state index < -0.39 is 12.2 Å². The highest BCUT2D eigenvalue weighted by atomic mass is 16.6. The number of aldehydes is 1. The predicted octanol–water partition coefficient (Wildman–Crippen LogP) is -0.416. The third-order valence-corrected chi connectivity index (χ3v) is 2.40. The molecular weight excluding hydrogens is 212 g/mol. The zero-order valence-electron chi connectivity index (χ0n) is 9.72. The summed E-state index contributed by atoms with van der Waals surface area (Å²) in [4.78, 5) is 24.1. The molecule has 16 heavy (non-hydrogen) atoms. The van der Waals surface area contributed by atoms with E-state index in [1.807, 2.05) is 0 Å². The van der Waals surface area contributed by atoms with Gasteiger partial charge in [0.05, 0.1) is 19.8 Å². The lowest BCUT2D eigenvalue weighted by atomic mass is 10.4. The van der Waals surface area contributed by atoms with Crippen molar-refractivity contribution in [3.05, 3.63) is 0 Å². The summed E-state index contributed by atoms with van der Waals surface area (Å²) in [5.74, 6) is 0. The van der Waals surface area contributed by atoms with Crippen LogP contribution in [0.1, 0.15) is 0 Å². The molecule has 1 unspecified atom stereocenters. The molecule has 0 aromatic heterocycles. The van der Waals surface area contributed by atoms with Crippen LogP contribution in [0.3, 0.4) is 0 Å². The number of rotatable bonds is 1. The minimum atomic E-state index is -0.553. The highest BCUT2D eigenvalue weighted by Crippen LogP contribution is 2.05. The van der Waals surface area contributed by atoms with E-state index in [-0.39, 0.29) is 0 Å². The monoisotopic (exact) mass is 230 g/mol. The third kappa shape index (κ3) is 4.16. The normalized spacial score (nSPS) is 25.8. The number of cyclic esters (lactones) is 1. The Kier molecular flexibility index (Phi) is 5.21. The zero-order valence-corrected chi connectivity index (χ0v) is 9.72. The molecule has 2 fully saturated rings. The predicted molar refractivity (Wildman–Crippen MR) is 57.3 cm³/mol. The number of nitrogens with zero attached hydrogens (tertiary/aromatic N) is 2. The Morgan fingerprint density at radius 1 is 1.31 bits per heavy atom. The Morgan fingerprint density at radius 2 is 1.94 bits per heavy atom. The van der Waals surface area contributed by atoms with Crippen LogP contribution in [-0.4, -0.2) is 75.2 Å². The second-order valence-electron chi connectivity index (χ2n) is 3.85. The largest absolute Gasteiger partial charge is 0.436 e. The number of carbonyl (C=O) groups excluding carboxylic acids is 2. The van der Waals surface area contributed by atoms with E-state index in [2.05, 4.69) is 16.7 Å². The first kappa shape index (κ1) is 12.9. The molecule has 0 aliphatic carbocycles. The van der Waals surface area contributed by atoms with Crippen LogP contribution < -0.4 is 0 Å². The van der Waals surface area contributed by atoms with Crippen LogP contribution >= 0.6 is 0 Å². The van der Waals surface area contributed by atoms with Gasteiger partial charge in [-0.1, -0.05) is 0 Å². The first-order chi connectivity index (χ1) is 7.63. The highest BCUT2D eigenvalue weighted by Gasteiger charge is 2.27. The Hall–Kier alpha value is -1.14. The van der Waals surface area contributed by atoms with Gasteiger partial charge in [-0.15, -0.1) is 0 Å². The highest BCUT2D eigenvalue weighted by molar-refractivity contribution is 5.74. The van der Waals surface area contributed by atoms with Gasteiger partial charge in [-0.25, -0.2) is 4.79 Å². The van der Waals surface area contributed by atoms with Crippen LogP contribution in [-0.2, 0) is 14.3 Å². The Labute approximate surface area is 95.1 Å². The zero-order chi connectivity index (χ0) is 12.0. The van der Waals surface area contributed by atoms with Crippen molar-refractivity contribution in [1.29, 1.82) is 0 Å². The quantitative estimate of drug-likeness (QED) is 0.573. The van der Waals surface area contributed by atoms with Crippen LogP contribution in [0.25, 0.3) is 0 Å². The van der Waals surface area contributed by atoms with E-state index in [0.717, 1.165) is 26.3 Å². The van der Waals surface area contributed by atoms with Gasteiger partial charge in [0.25, 0.3) is 0 Å². The maximum absolute atomic E-state index is 10.5. The first-order valence-electron chi connectivity index (χ1n) is 5.27. The first-order valence-corrected chi connectivity index (χ1v) is 5.27. The summed E-state index contributed by atoms with van der Waals surface area (Å²) in [7, 11) is 3.70. The summed E-state index contributed by atoms with van der Waals surface area (Å²) >= 11 is 0. The minimum Gasteiger partial charge on any atom is -0.436 e. The van der Waals surface area contributed by atoms with Crippen LogP contribution in [0.4, 0.5) is 4.79 Å². The SMILES string of the molecule is CN1CC(C=O)OC1=O.CN1CCOCC1. The van der Waals surface area contributed by atoms with Crippen LogP contribution in [0, 0.1) is 0 Å². The Morgan fingerprint density at radius 3 is 2.19 bits per heavy atom. The van der Waals surface area contributed by atoms with Crippen molar-refractivity contribution in [2.75, 3.05) is 46.9 Å². The molecule has 0 N–H and O–H groups in total. The lowest BCUT2D eigenvalue weighted by Gasteiger charge is -2.21. The number of hydrogen-bond donors (Lipinski definition) is 0. The molecule has 2 rings (SSSR count). The standard InChI is InChI=1S/C5H7NO3.C5H11NO/c1-6-2-4(3-7)9-5(6)8;1-6-2-4-7-5-3-6/h3-4H,2H2,1H3;2-5H2,1H3. The summed E-state index contributed by atoms with van der Waals surface area (Å²) in [6.45, 7) is 4.40. The molecule has 92 valence electrons. The Balaban J connectivity index is 0.000000165. The van der Waals surface area contributed by atoms with Gasteiger partial charge in [-0.05, 0) is 7.05 Å². The van der Waals surface area contributed by atoms with E-state index in [4.69, 9.17) is 4.74 Å². The fraction of sp³-hybridized carbons (Fsp3) is 0.800. The van der Waals surface area contributed by atoms with Gasteiger partial charge in [0.15, 0.2) is 12.4 Å². The molecule has 2 saturated heterocycles. The van der Waals surface area contributed by atoms with Gasteiger partial charge >= 0.3 is 6.09 Å². The molecule has 2 aliphatic rings. The van der Waals surface area contributed by atoms with Crippen molar-refractivity contribution in [2.24, 2.45) is 0 Å². The molecule has 0 radical (unpaired) electrons. The molecule has 2 heterocycles. The third-order valence-electron chi connectivity index (χ3n) is 2.40. The molecule has 6 nitrogen and oxygen atoms in total. The number of morpholine rings is 1. The lowest BCUT2D eigenvalue weighted by molar-refractivity contribution is -0.113. The number of likely N-dealkylation sites (N-methyl/N-ethyl adjacent to an activating group) is 2. The van der Waals surface area contributed by atoms with Crippen molar-refractivity contribution in [1.82, 2.24) is 9.80 Å². The van der Waals surface area contributed by atoms with E-state index in [9.17, 15) is 9.59 Å². The summed E-state index contributed by atoms with van der Waals surface area (Å²) in [5, 5.41) is 0. The van der Waals surface area contributed by atoms with E-state index in [1.54, 1.807) is 7.05 Å². The molecule has 0 aromatic rings. The van der Waals surface area contributed by atoms with Crippen molar-refractivity contribution in [3.63, 3.8) is 0 Å². The van der Waals surface area contributed by atoms with Crippen LogP contribution in [0.2, 0.25) is 0 Å². The van der Waals surface area contributed by atoms with Gasteiger partial charge in [-0.3, -0.25) is 4.79 Å². The fourth-order valence-electron chi connectivity index (χ4n) is 1.33. The molecule has 6 heteroatoms. The van der Waals surface area contributed by atoms with Crippen LogP contribution in [0.5, 0.6) is 0 Å². The second kappa shape index (κ2) is 6.44. The second-order valence-corrected chi connectivity index (χ2v) is 3.85. The average molecular weight is 230 g/mol. The molecule has 1 atom stereocenters. The number of ether oxygens (including phenoxy) is 2. The van der Waals surface area contributed by atoms with Gasteiger partial charge < -0.3 is 19.3 Å². The van der Waals surface area contributed by atoms with Gasteiger partial charge in [0, 0.05) is 20.1 Å². The number of carbonyl (C=O) groups is 2. The van der Waals surface area contributed by atoms with Gasteiger partial charge in [0.2, 0.25) is 0 Å². The minimum absolute atomic E-state index is 0.377. The van der Waals surface area contributed by atoms with Crippen molar-refractivity contribution >= 4 is 12.4 Å². The molecule has 2 aliphatic heterocycles. The Bertz CT molecular complexity index is 241. The molecule has 1 amide bonds. The lowest BCUT2D eigenvalue weighted by Crippen LogP contribution is -2.32. The molecule has 0 aromatic carbocycles. The molecule has 0 saturated carbocycles. The van der Waals surface area contributed by atoms with Gasteiger partial charge in [0.1, 0.15) is 0 Å². The number of amides is 1. The summed E-state index contributed by atoms with van der Waals surface area (Å²) < 4.78 is 9.64. The average Bonchev–Trinajstić information content (AvgIpc) is 2.61. The van der Waals surface area contributed by atoms with Crippen molar-refractivity contribution in [3.8, 4) is 0 Å². The van der Waals surface area contributed by atoms with Gasteiger partial charge in [-0.2, -0.15) is 0 Å². The van der Waals surface area contributed by atoms with Crippen LogP contribution in [0.15, 0.2) is 0 Å². The van der Waals surface area contributed by atoms with Crippen molar-refractivity contribution in [2.45, 2.75) is 6.10 Å². The van der Waals surface area contributed by atoms with E-state index in [1.165, 1.54) is 4.90 Å². The van der Waals surface area contributed by atoms with E-state index in [0.29, 0.717) is 12.8 Å². The summed E-state index contributed by atoms with van der Waals surface area (Å²) in [6, 6.07) is 0. The maximum Gasteiger partial charge on any atom is 0.410 e. The summed E-state index contributed by atoms with van der Waals surface area (Å²) in [5.41, 5.74) is 0. The maximum atomic E-state index is 10.5. The molecule has 0 spiro atoms. The molecule has 0 bridgehead atoms. The molecular formula is C10H18N2O4. The smallest absolute Gasteiger partial charge is 0.410 e. The number of hydrogen-bond acceptors (Lipinski definition) is 5. The van der Waals surface area contributed by atoms with Crippen molar-refractivity contribution < 1.29 is 19.1 Å². The topological polar surface area (TPSA) is 59.1 Å².